The lowest BCUT2D eigenvalue weighted by atomic mass is 9.96. The summed E-state index contributed by atoms with van der Waals surface area (Å²) in [5, 5.41) is 11.9. The van der Waals surface area contributed by atoms with E-state index in [9.17, 15) is 4.79 Å². The van der Waals surface area contributed by atoms with Gasteiger partial charge in [-0.15, -0.1) is 0 Å². The van der Waals surface area contributed by atoms with Crippen LogP contribution in [-0.4, -0.2) is 34.5 Å². The summed E-state index contributed by atoms with van der Waals surface area (Å²) in [5.41, 5.74) is 0. The zero-order chi connectivity index (χ0) is 10.1. The third-order valence-corrected chi connectivity index (χ3v) is 3.63. The van der Waals surface area contributed by atoms with E-state index in [1.54, 1.807) is 6.26 Å². The fraction of sp³-hybridized carbons (Fsp3) is 0.778. The molecule has 3 unspecified atom stereocenters. The molecule has 0 saturated carbocycles. The van der Waals surface area contributed by atoms with Crippen molar-refractivity contribution in [1.29, 1.82) is 5.26 Å². The number of hydrogen-bond donors (Lipinski definition) is 1. The van der Waals surface area contributed by atoms with Gasteiger partial charge in [-0.1, -0.05) is 11.8 Å². The predicted molar refractivity (Wildman–Crippen MR) is 54.7 cm³/mol. The molecule has 2 heterocycles. The van der Waals surface area contributed by atoms with E-state index in [0.29, 0.717) is 6.04 Å². The first kappa shape index (κ1) is 9.66. The molecule has 0 aromatic carbocycles. The van der Waals surface area contributed by atoms with E-state index in [4.69, 9.17) is 5.26 Å². The Bertz CT molecular complexity index is 288. The zero-order valence-corrected chi connectivity index (χ0v) is 8.88. The average molecular weight is 211 g/mol. The smallest absolute Gasteiger partial charge is 0.279 e. The molecular formula is C9H13N3OS. The van der Waals surface area contributed by atoms with Crippen LogP contribution >= 0.6 is 11.8 Å². The van der Waals surface area contributed by atoms with Crippen molar-refractivity contribution >= 4 is 17.0 Å². The molecule has 1 N–H and O–H groups in total. The van der Waals surface area contributed by atoms with Gasteiger partial charge in [0.2, 0.25) is 0 Å². The highest BCUT2D eigenvalue weighted by molar-refractivity contribution is 8.12. The minimum atomic E-state index is 0.0143. The van der Waals surface area contributed by atoms with Crippen molar-refractivity contribution in [1.82, 2.24) is 10.2 Å². The fourth-order valence-electron chi connectivity index (χ4n) is 2.51. The summed E-state index contributed by atoms with van der Waals surface area (Å²) in [6.07, 6.45) is 7.07. The number of hydrogen-bond acceptors (Lipinski definition) is 4. The Hall–Kier alpha value is -0.890. The molecule has 0 radical (unpaired) electrons. The summed E-state index contributed by atoms with van der Waals surface area (Å²) in [6, 6.07) is 0.812. The summed E-state index contributed by atoms with van der Waals surface area (Å²) >= 11 is 1.20. The highest BCUT2D eigenvalue weighted by Crippen LogP contribution is 2.37. The molecule has 3 atom stereocenters. The number of carbonyl (C=O) groups excluding carboxylic acids is 1. The van der Waals surface area contributed by atoms with E-state index in [2.05, 4.69) is 11.5 Å². The van der Waals surface area contributed by atoms with Crippen molar-refractivity contribution in [2.75, 3.05) is 6.26 Å². The van der Waals surface area contributed by atoms with E-state index in [-0.39, 0.29) is 17.3 Å². The van der Waals surface area contributed by atoms with Gasteiger partial charge in [0, 0.05) is 6.04 Å². The van der Waals surface area contributed by atoms with Crippen molar-refractivity contribution in [3.63, 3.8) is 0 Å². The van der Waals surface area contributed by atoms with Gasteiger partial charge in [-0.05, 0) is 25.5 Å². The van der Waals surface area contributed by atoms with Crippen LogP contribution in [0.1, 0.15) is 19.3 Å². The summed E-state index contributed by atoms with van der Waals surface area (Å²) in [7, 11) is 0. The van der Waals surface area contributed by atoms with E-state index < -0.39 is 0 Å². The second-order valence-electron chi connectivity index (χ2n) is 3.78. The first-order valence-electron chi connectivity index (χ1n) is 4.79. The van der Waals surface area contributed by atoms with Gasteiger partial charge in [0.1, 0.15) is 0 Å². The molecule has 76 valence electrons. The van der Waals surface area contributed by atoms with Crippen LogP contribution in [0.2, 0.25) is 0 Å². The Morgan fingerprint density at radius 2 is 2.43 bits per heavy atom. The van der Waals surface area contributed by atoms with E-state index in [1.165, 1.54) is 11.8 Å². The molecule has 0 aromatic heterocycles. The molecular weight excluding hydrogens is 198 g/mol. The van der Waals surface area contributed by atoms with Crippen LogP contribution in [0.4, 0.5) is 4.79 Å². The monoisotopic (exact) mass is 211 g/mol. The Morgan fingerprint density at radius 3 is 3.00 bits per heavy atom. The number of thioether (sulfide) groups is 1. The molecule has 1 amide bonds. The molecule has 14 heavy (non-hydrogen) atoms. The molecule has 0 aliphatic carbocycles. The number of nitriles is 1. The molecule has 2 rings (SSSR count). The normalized spacial score (nSPS) is 34.3. The maximum atomic E-state index is 11.2. The summed E-state index contributed by atoms with van der Waals surface area (Å²) in [6.45, 7) is 0. The first-order valence-corrected chi connectivity index (χ1v) is 6.01. The number of fused-ring (bicyclic) bond motifs is 2. The molecule has 4 nitrogen and oxygen atoms in total. The van der Waals surface area contributed by atoms with Crippen molar-refractivity contribution in [3.05, 3.63) is 0 Å². The molecule has 2 fully saturated rings. The first-order chi connectivity index (χ1) is 6.76. The van der Waals surface area contributed by atoms with E-state index >= 15 is 0 Å². The Kier molecular flexibility index (Phi) is 2.55. The van der Waals surface area contributed by atoms with Gasteiger partial charge in [0.25, 0.3) is 5.24 Å². The number of nitrogens with zero attached hydrogens (tertiary/aromatic N) is 2. The van der Waals surface area contributed by atoms with E-state index in [1.807, 2.05) is 4.90 Å². The lowest BCUT2D eigenvalue weighted by Gasteiger charge is -2.21. The highest BCUT2D eigenvalue weighted by atomic mass is 32.2. The van der Waals surface area contributed by atoms with Crippen LogP contribution in [0.3, 0.4) is 0 Å². The van der Waals surface area contributed by atoms with Crippen molar-refractivity contribution in [2.45, 2.75) is 37.4 Å². The van der Waals surface area contributed by atoms with Crippen LogP contribution < -0.4 is 5.32 Å². The summed E-state index contributed by atoms with van der Waals surface area (Å²) in [4.78, 5) is 13.0. The maximum absolute atomic E-state index is 11.2. The minimum absolute atomic E-state index is 0.0143. The van der Waals surface area contributed by atoms with Crippen LogP contribution in [0, 0.1) is 11.5 Å². The molecule has 2 aliphatic heterocycles. The summed E-state index contributed by atoms with van der Waals surface area (Å²) < 4.78 is 0. The van der Waals surface area contributed by atoms with Gasteiger partial charge in [-0.2, -0.15) is 5.26 Å². The molecule has 0 spiro atoms. The maximum Gasteiger partial charge on any atom is 0.279 e. The van der Waals surface area contributed by atoms with Gasteiger partial charge in [-0.25, -0.2) is 0 Å². The zero-order valence-electron chi connectivity index (χ0n) is 8.06. The largest absolute Gasteiger partial charge is 0.342 e. The lowest BCUT2D eigenvalue weighted by molar-refractivity contribution is 0.253. The van der Waals surface area contributed by atoms with Gasteiger partial charge in [0.15, 0.2) is 6.19 Å². The third kappa shape index (κ3) is 1.44. The molecule has 2 aliphatic rings. The second kappa shape index (κ2) is 3.70. The van der Waals surface area contributed by atoms with Gasteiger partial charge < -0.3 is 10.2 Å². The third-order valence-electron chi connectivity index (χ3n) is 3.14. The topological polar surface area (TPSA) is 56.1 Å². The SMILES string of the molecule is CSC(=O)NC1CC2CCC1N2C#N. The van der Waals surface area contributed by atoms with Gasteiger partial charge in [-0.3, -0.25) is 4.79 Å². The Morgan fingerprint density at radius 1 is 1.64 bits per heavy atom. The number of nitrogens with one attached hydrogen (secondary N) is 1. The van der Waals surface area contributed by atoms with Crippen LogP contribution in [0.15, 0.2) is 0 Å². The fourth-order valence-corrected chi connectivity index (χ4v) is 2.78. The number of amides is 1. The Labute approximate surface area is 87.6 Å². The molecule has 0 aromatic rings. The predicted octanol–water partition coefficient (Wildman–Crippen LogP) is 1.15. The molecule has 5 heteroatoms. The quantitative estimate of drug-likeness (QED) is 0.661. The minimum Gasteiger partial charge on any atom is -0.342 e. The van der Waals surface area contributed by atoms with Crippen molar-refractivity contribution in [2.24, 2.45) is 0 Å². The van der Waals surface area contributed by atoms with Crippen molar-refractivity contribution in [3.8, 4) is 6.19 Å². The van der Waals surface area contributed by atoms with Gasteiger partial charge in [0.05, 0.1) is 12.1 Å². The van der Waals surface area contributed by atoms with E-state index in [0.717, 1.165) is 19.3 Å². The number of carbonyl (C=O) groups is 1. The van der Waals surface area contributed by atoms with Crippen LogP contribution in [-0.2, 0) is 0 Å². The van der Waals surface area contributed by atoms with Crippen LogP contribution in [0.5, 0.6) is 0 Å². The van der Waals surface area contributed by atoms with Crippen LogP contribution in [0.25, 0.3) is 0 Å². The number of rotatable bonds is 1. The molecule has 2 saturated heterocycles. The second-order valence-corrected chi connectivity index (χ2v) is 4.56. The van der Waals surface area contributed by atoms with Crippen molar-refractivity contribution < 1.29 is 4.79 Å². The Balaban J connectivity index is 1.99. The standard InChI is InChI=1S/C9H13N3OS/c1-14-9(13)11-7-4-6-2-3-8(7)12(6)5-10/h6-8H,2-4H2,1H3,(H,11,13). The summed E-state index contributed by atoms with van der Waals surface area (Å²) in [5.74, 6) is 0. The highest BCUT2D eigenvalue weighted by Gasteiger charge is 2.46. The average Bonchev–Trinajstić information content (AvgIpc) is 2.73. The van der Waals surface area contributed by atoms with Gasteiger partial charge >= 0.3 is 0 Å². The molecule has 2 bridgehead atoms. The lowest BCUT2D eigenvalue weighted by Crippen LogP contribution is -2.41.